The van der Waals surface area contributed by atoms with Crippen LogP contribution in [0, 0.1) is 0 Å². The van der Waals surface area contributed by atoms with Crippen LogP contribution in [-0.4, -0.2) is 42.6 Å². The predicted octanol–water partition coefficient (Wildman–Crippen LogP) is 4.73. The molecule has 1 saturated carbocycles. The van der Waals surface area contributed by atoms with Gasteiger partial charge in [0.2, 0.25) is 0 Å². The lowest BCUT2D eigenvalue weighted by Gasteiger charge is -2.37. The Morgan fingerprint density at radius 1 is 1.46 bits per heavy atom. The molecule has 24 heavy (non-hydrogen) atoms. The normalized spacial score (nSPS) is 16.8. The van der Waals surface area contributed by atoms with E-state index in [0.29, 0.717) is 18.3 Å². The van der Waals surface area contributed by atoms with E-state index in [9.17, 15) is 9.90 Å². The molecule has 7 heteroatoms. The summed E-state index contributed by atoms with van der Waals surface area (Å²) in [6.45, 7) is 11.6. The molecule has 1 amide bonds. The number of rotatable bonds is 6. The Hall–Kier alpha value is -1.11. The largest absolute Gasteiger partial charge is 0.465 e. The number of nitrogens with zero attached hydrogens (tertiary/aromatic N) is 2. The topological polar surface area (TPSA) is 62.7 Å². The number of halogens is 1. The zero-order chi connectivity index (χ0) is 18.2. The van der Waals surface area contributed by atoms with Crippen molar-refractivity contribution in [2.24, 2.45) is 0 Å². The highest BCUT2D eigenvalue weighted by atomic mass is 35.5. The highest BCUT2D eigenvalue weighted by Gasteiger charge is 2.53. The zero-order valence-corrected chi connectivity index (χ0v) is 16.9. The molecule has 0 aliphatic heterocycles. The minimum Gasteiger partial charge on any atom is -0.465 e. The monoisotopic (exact) mass is 370 g/mol. The molecule has 1 N–H and O–H groups in total. The lowest BCUT2D eigenvalue weighted by Crippen LogP contribution is -2.46. The Morgan fingerprint density at radius 2 is 2.08 bits per heavy atom. The van der Waals surface area contributed by atoms with Crippen molar-refractivity contribution in [1.29, 1.82) is 0 Å². The molecule has 1 aromatic rings. The van der Waals surface area contributed by atoms with Gasteiger partial charge in [0, 0.05) is 18.3 Å². The summed E-state index contributed by atoms with van der Waals surface area (Å²) >= 11 is 6.21. The molecule has 1 fully saturated rings. The van der Waals surface area contributed by atoms with E-state index in [-0.39, 0.29) is 5.04 Å². The molecule has 0 unspecified atom stereocenters. The molecule has 134 valence electrons. The summed E-state index contributed by atoms with van der Waals surface area (Å²) in [5, 5.41) is 10.2. The Labute approximate surface area is 150 Å². The summed E-state index contributed by atoms with van der Waals surface area (Å²) in [4.78, 5) is 17.4. The zero-order valence-electron chi connectivity index (χ0n) is 15.1. The SMILES string of the molecule is CC(C)(C)[Si](C)(C)OCCN(C(=O)O)C1(c2cccnc2Cl)CC1. The van der Waals surface area contributed by atoms with E-state index in [1.165, 1.54) is 4.90 Å². The Morgan fingerprint density at radius 3 is 2.54 bits per heavy atom. The van der Waals surface area contributed by atoms with E-state index in [1.807, 2.05) is 6.07 Å². The second kappa shape index (κ2) is 6.65. The third-order valence-electron chi connectivity index (χ3n) is 5.32. The number of hydrogen-bond acceptors (Lipinski definition) is 3. The second-order valence-corrected chi connectivity index (χ2v) is 13.1. The highest BCUT2D eigenvalue weighted by Crippen LogP contribution is 2.52. The lowest BCUT2D eigenvalue weighted by molar-refractivity contribution is 0.103. The van der Waals surface area contributed by atoms with Crippen molar-refractivity contribution in [1.82, 2.24) is 9.88 Å². The summed E-state index contributed by atoms with van der Waals surface area (Å²) in [6, 6.07) is 3.67. The molecule has 1 aromatic heterocycles. The van der Waals surface area contributed by atoms with Gasteiger partial charge in [0.1, 0.15) is 5.15 Å². The first-order chi connectivity index (χ1) is 11.0. The van der Waals surface area contributed by atoms with Crippen molar-refractivity contribution in [2.45, 2.75) is 57.3 Å². The third kappa shape index (κ3) is 3.76. The average molecular weight is 371 g/mol. The van der Waals surface area contributed by atoms with Crippen molar-refractivity contribution >= 4 is 26.0 Å². The van der Waals surface area contributed by atoms with Crippen molar-refractivity contribution in [3.63, 3.8) is 0 Å². The van der Waals surface area contributed by atoms with Gasteiger partial charge < -0.3 is 9.53 Å². The van der Waals surface area contributed by atoms with Gasteiger partial charge in [-0.05, 0) is 37.0 Å². The fraction of sp³-hybridized carbons (Fsp3) is 0.647. The molecular weight excluding hydrogens is 344 g/mol. The van der Waals surface area contributed by atoms with Crippen molar-refractivity contribution in [2.75, 3.05) is 13.2 Å². The fourth-order valence-electron chi connectivity index (χ4n) is 2.64. The Bertz CT molecular complexity index is 612. The molecule has 0 radical (unpaired) electrons. The first-order valence-electron chi connectivity index (χ1n) is 8.27. The minimum atomic E-state index is -1.89. The van der Waals surface area contributed by atoms with E-state index in [1.54, 1.807) is 12.3 Å². The molecule has 0 spiro atoms. The smallest absolute Gasteiger partial charge is 0.408 e. The van der Waals surface area contributed by atoms with Crippen LogP contribution in [0.2, 0.25) is 23.3 Å². The molecule has 2 rings (SSSR count). The van der Waals surface area contributed by atoms with Crippen LogP contribution in [0.1, 0.15) is 39.2 Å². The number of hydrogen-bond donors (Lipinski definition) is 1. The van der Waals surface area contributed by atoms with Gasteiger partial charge in [0.15, 0.2) is 8.32 Å². The molecule has 0 atom stereocenters. The van der Waals surface area contributed by atoms with Crippen LogP contribution in [-0.2, 0) is 9.96 Å². The lowest BCUT2D eigenvalue weighted by atomic mass is 10.1. The van der Waals surface area contributed by atoms with Gasteiger partial charge in [-0.25, -0.2) is 9.78 Å². The molecule has 1 aliphatic carbocycles. The summed E-state index contributed by atoms with van der Waals surface area (Å²) in [6.07, 6.45) is 2.22. The number of aromatic nitrogens is 1. The van der Waals surface area contributed by atoms with E-state index >= 15 is 0 Å². The number of amides is 1. The standard InChI is InChI=1S/C17H27ClN2O3Si/c1-16(2,3)24(4,5)23-12-11-20(15(21)22)17(8-9-17)13-7-6-10-19-14(13)18/h6-7,10H,8-9,11-12H2,1-5H3,(H,21,22). The maximum absolute atomic E-state index is 11.8. The van der Waals surface area contributed by atoms with Crippen molar-refractivity contribution in [3.8, 4) is 0 Å². The molecule has 0 bridgehead atoms. The first-order valence-corrected chi connectivity index (χ1v) is 11.6. The number of pyridine rings is 1. The third-order valence-corrected chi connectivity index (χ3v) is 10.2. The highest BCUT2D eigenvalue weighted by molar-refractivity contribution is 6.74. The van der Waals surface area contributed by atoms with E-state index in [2.05, 4.69) is 38.8 Å². The van der Waals surface area contributed by atoms with Crippen LogP contribution >= 0.6 is 11.6 Å². The van der Waals surface area contributed by atoms with E-state index in [0.717, 1.165) is 18.4 Å². The van der Waals surface area contributed by atoms with Crippen LogP contribution in [0.3, 0.4) is 0 Å². The van der Waals surface area contributed by atoms with Gasteiger partial charge in [-0.15, -0.1) is 0 Å². The second-order valence-electron chi connectivity index (χ2n) is 7.92. The van der Waals surface area contributed by atoms with Gasteiger partial charge in [-0.3, -0.25) is 4.90 Å². The molecule has 0 aromatic carbocycles. The molecule has 5 nitrogen and oxygen atoms in total. The van der Waals surface area contributed by atoms with Crippen LogP contribution < -0.4 is 0 Å². The summed E-state index contributed by atoms with van der Waals surface area (Å²) in [5.41, 5.74) is 0.245. The van der Waals surface area contributed by atoms with Crippen molar-refractivity contribution < 1.29 is 14.3 Å². The maximum atomic E-state index is 11.8. The summed E-state index contributed by atoms with van der Waals surface area (Å²) in [7, 11) is -1.89. The van der Waals surface area contributed by atoms with E-state index < -0.39 is 19.9 Å². The van der Waals surface area contributed by atoms with Gasteiger partial charge in [0.05, 0.1) is 12.1 Å². The fourth-order valence-corrected chi connectivity index (χ4v) is 3.97. The summed E-state index contributed by atoms with van der Waals surface area (Å²) in [5.74, 6) is 0. The quantitative estimate of drug-likeness (QED) is 0.581. The molecule has 0 saturated heterocycles. The predicted molar refractivity (Wildman–Crippen MR) is 98.0 cm³/mol. The van der Waals surface area contributed by atoms with Crippen LogP contribution in [0.4, 0.5) is 4.79 Å². The average Bonchev–Trinajstić information content (AvgIpc) is 3.23. The van der Waals surface area contributed by atoms with E-state index in [4.69, 9.17) is 16.0 Å². The van der Waals surface area contributed by atoms with Gasteiger partial charge >= 0.3 is 6.09 Å². The van der Waals surface area contributed by atoms with Gasteiger partial charge in [-0.1, -0.05) is 38.4 Å². The van der Waals surface area contributed by atoms with Crippen LogP contribution in [0.5, 0.6) is 0 Å². The molecule has 1 aliphatic rings. The molecular formula is C17H27ClN2O3Si. The Balaban J connectivity index is 2.12. The number of carboxylic acid groups (broad SMARTS) is 1. The minimum absolute atomic E-state index is 0.102. The van der Waals surface area contributed by atoms with Gasteiger partial charge in [0.25, 0.3) is 0 Å². The molecule has 1 heterocycles. The summed E-state index contributed by atoms with van der Waals surface area (Å²) < 4.78 is 6.15. The van der Waals surface area contributed by atoms with Gasteiger partial charge in [-0.2, -0.15) is 0 Å². The van der Waals surface area contributed by atoms with Crippen LogP contribution in [0.25, 0.3) is 0 Å². The number of carbonyl (C=O) groups is 1. The Kier molecular flexibility index (Phi) is 5.33. The van der Waals surface area contributed by atoms with Crippen molar-refractivity contribution in [3.05, 3.63) is 29.0 Å². The first kappa shape index (κ1) is 19.2. The van der Waals surface area contributed by atoms with Crippen LogP contribution in [0.15, 0.2) is 18.3 Å². The maximum Gasteiger partial charge on any atom is 0.408 e.